The van der Waals surface area contributed by atoms with Crippen molar-refractivity contribution in [2.75, 3.05) is 5.32 Å². The third kappa shape index (κ3) is 5.09. The fourth-order valence-corrected chi connectivity index (χ4v) is 2.52. The SMILES string of the molecule is CCc1ccccc1OC(C)C(=O)Nc1ccccc1C(=O)NC(C)C. The molecule has 2 rings (SSSR count). The van der Waals surface area contributed by atoms with E-state index in [2.05, 4.69) is 10.6 Å². The van der Waals surface area contributed by atoms with Crippen LogP contribution in [0.4, 0.5) is 5.69 Å². The predicted octanol–water partition coefficient (Wildman–Crippen LogP) is 3.79. The first-order valence-corrected chi connectivity index (χ1v) is 8.87. The van der Waals surface area contributed by atoms with Gasteiger partial charge in [0, 0.05) is 6.04 Å². The van der Waals surface area contributed by atoms with E-state index in [-0.39, 0.29) is 17.9 Å². The van der Waals surface area contributed by atoms with E-state index in [1.165, 1.54) is 0 Å². The van der Waals surface area contributed by atoms with Crippen LogP contribution < -0.4 is 15.4 Å². The summed E-state index contributed by atoms with van der Waals surface area (Å²) in [5, 5.41) is 5.63. The summed E-state index contributed by atoms with van der Waals surface area (Å²) in [5.41, 5.74) is 1.94. The highest BCUT2D eigenvalue weighted by molar-refractivity contribution is 6.04. The molecule has 2 amide bonds. The quantitative estimate of drug-likeness (QED) is 0.795. The van der Waals surface area contributed by atoms with E-state index >= 15 is 0 Å². The summed E-state index contributed by atoms with van der Waals surface area (Å²) >= 11 is 0. The van der Waals surface area contributed by atoms with Crippen LogP contribution in [0.25, 0.3) is 0 Å². The van der Waals surface area contributed by atoms with Gasteiger partial charge in [0.25, 0.3) is 11.8 Å². The molecule has 0 aliphatic rings. The predicted molar refractivity (Wildman–Crippen MR) is 104 cm³/mol. The fraction of sp³-hybridized carbons (Fsp3) is 0.333. The van der Waals surface area contributed by atoms with Gasteiger partial charge in [-0.15, -0.1) is 0 Å². The maximum Gasteiger partial charge on any atom is 0.265 e. The number of rotatable bonds is 7. The number of ether oxygens (including phenoxy) is 1. The third-order valence-corrected chi connectivity index (χ3v) is 3.88. The van der Waals surface area contributed by atoms with Crippen molar-refractivity contribution in [2.45, 2.75) is 46.3 Å². The highest BCUT2D eigenvalue weighted by Gasteiger charge is 2.19. The van der Waals surface area contributed by atoms with Gasteiger partial charge in [-0.1, -0.05) is 37.3 Å². The summed E-state index contributed by atoms with van der Waals surface area (Å²) in [7, 11) is 0. The van der Waals surface area contributed by atoms with Crippen LogP contribution in [-0.4, -0.2) is 24.0 Å². The Morgan fingerprint density at radius 3 is 2.35 bits per heavy atom. The van der Waals surface area contributed by atoms with Crippen molar-refractivity contribution >= 4 is 17.5 Å². The second kappa shape index (κ2) is 9.04. The molecule has 0 bridgehead atoms. The molecule has 0 saturated heterocycles. The minimum absolute atomic E-state index is 0.0130. The zero-order chi connectivity index (χ0) is 19.1. The van der Waals surface area contributed by atoms with Gasteiger partial charge in [-0.3, -0.25) is 9.59 Å². The van der Waals surface area contributed by atoms with Gasteiger partial charge >= 0.3 is 0 Å². The van der Waals surface area contributed by atoms with Crippen LogP contribution >= 0.6 is 0 Å². The Bertz CT molecular complexity index is 771. The Kier molecular flexibility index (Phi) is 6.78. The van der Waals surface area contributed by atoms with Crippen LogP contribution in [0.1, 0.15) is 43.6 Å². The Morgan fingerprint density at radius 1 is 1.00 bits per heavy atom. The van der Waals surface area contributed by atoms with Crippen molar-refractivity contribution < 1.29 is 14.3 Å². The third-order valence-electron chi connectivity index (χ3n) is 3.88. The first kappa shape index (κ1) is 19.5. The van der Waals surface area contributed by atoms with Crippen LogP contribution in [-0.2, 0) is 11.2 Å². The van der Waals surface area contributed by atoms with Gasteiger partial charge in [0.05, 0.1) is 11.3 Å². The minimum Gasteiger partial charge on any atom is -0.481 e. The molecule has 0 aliphatic carbocycles. The summed E-state index contributed by atoms with van der Waals surface area (Å²) in [6.07, 6.45) is 0.131. The minimum atomic E-state index is -0.691. The largest absolute Gasteiger partial charge is 0.481 e. The van der Waals surface area contributed by atoms with Crippen LogP contribution in [0.15, 0.2) is 48.5 Å². The summed E-state index contributed by atoms with van der Waals surface area (Å²) in [6.45, 7) is 7.51. The van der Waals surface area contributed by atoms with Crippen molar-refractivity contribution in [2.24, 2.45) is 0 Å². The van der Waals surface area contributed by atoms with Crippen LogP contribution in [0, 0.1) is 0 Å². The highest BCUT2D eigenvalue weighted by Crippen LogP contribution is 2.21. The van der Waals surface area contributed by atoms with E-state index in [4.69, 9.17) is 4.74 Å². The molecule has 138 valence electrons. The second-order valence-electron chi connectivity index (χ2n) is 6.38. The maximum atomic E-state index is 12.5. The molecular weight excluding hydrogens is 328 g/mol. The van der Waals surface area contributed by atoms with E-state index in [1.807, 2.05) is 45.0 Å². The Balaban J connectivity index is 2.11. The van der Waals surface area contributed by atoms with Crippen LogP contribution in [0.5, 0.6) is 5.75 Å². The molecule has 2 aromatic carbocycles. The number of nitrogens with one attached hydrogen (secondary N) is 2. The molecule has 1 atom stereocenters. The second-order valence-corrected chi connectivity index (χ2v) is 6.38. The number of amides is 2. The lowest BCUT2D eigenvalue weighted by atomic mass is 10.1. The van der Waals surface area contributed by atoms with Crippen molar-refractivity contribution in [1.82, 2.24) is 5.32 Å². The van der Waals surface area contributed by atoms with Gasteiger partial charge < -0.3 is 15.4 Å². The molecule has 0 saturated carbocycles. The monoisotopic (exact) mass is 354 g/mol. The molecule has 0 aliphatic heterocycles. The van der Waals surface area contributed by atoms with E-state index in [1.54, 1.807) is 31.2 Å². The number of benzene rings is 2. The molecular formula is C21H26N2O3. The van der Waals surface area contributed by atoms with Gasteiger partial charge in [0.15, 0.2) is 6.10 Å². The van der Waals surface area contributed by atoms with Gasteiger partial charge in [0.1, 0.15) is 5.75 Å². The zero-order valence-corrected chi connectivity index (χ0v) is 15.7. The number of para-hydroxylation sites is 2. The van der Waals surface area contributed by atoms with Gasteiger partial charge in [0.2, 0.25) is 0 Å². The Hall–Kier alpha value is -2.82. The molecule has 26 heavy (non-hydrogen) atoms. The van der Waals surface area contributed by atoms with E-state index in [0.29, 0.717) is 17.0 Å². The van der Waals surface area contributed by atoms with Crippen LogP contribution in [0.2, 0.25) is 0 Å². The topological polar surface area (TPSA) is 67.4 Å². The number of hydrogen-bond donors (Lipinski definition) is 2. The van der Waals surface area contributed by atoms with E-state index in [0.717, 1.165) is 12.0 Å². The first-order valence-electron chi connectivity index (χ1n) is 8.87. The highest BCUT2D eigenvalue weighted by atomic mass is 16.5. The number of carbonyl (C=O) groups excluding carboxylic acids is 2. The van der Waals surface area contributed by atoms with Crippen LogP contribution in [0.3, 0.4) is 0 Å². The summed E-state index contributed by atoms with van der Waals surface area (Å²) in [4.78, 5) is 24.9. The lowest BCUT2D eigenvalue weighted by molar-refractivity contribution is -0.122. The standard InChI is InChI=1S/C21H26N2O3/c1-5-16-10-6-9-13-19(16)26-15(4)20(24)23-18-12-8-7-11-17(18)21(25)22-14(2)3/h6-15H,5H2,1-4H3,(H,22,25)(H,23,24). The van der Waals surface area contributed by atoms with Gasteiger partial charge in [-0.25, -0.2) is 0 Å². The number of hydrogen-bond acceptors (Lipinski definition) is 3. The van der Waals surface area contributed by atoms with Gasteiger partial charge in [-0.05, 0) is 51.0 Å². The van der Waals surface area contributed by atoms with Crippen molar-refractivity contribution in [1.29, 1.82) is 0 Å². The van der Waals surface area contributed by atoms with E-state index < -0.39 is 6.10 Å². The smallest absolute Gasteiger partial charge is 0.265 e. The summed E-state index contributed by atoms with van der Waals surface area (Å²) < 4.78 is 5.82. The molecule has 0 fully saturated rings. The van der Waals surface area contributed by atoms with Crippen molar-refractivity contribution in [3.8, 4) is 5.75 Å². The first-order chi connectivity index (χ1) is 12.4. The number of aryl methyl sites for hydroxylation is 1. The van der Waals surface area contributed by atoms with Crippen molar-refractivity contribution in [3.05, 3.63) is 59.7 Å². The lowest BCUT2D eigenvalue weighted by Gasteiger charge is -2.18. The molecule has 0 aromatic heterocycles. The molecule has 0 heterocycles. The average molecular weight is 354 g/mol. The Morgan fingerprint density at radius 2 is 1.65 bits per heavy atom. The molecule has 5 heteroatoms. The number of carbonyl (C=O) groups is 2. The molecule has 2 N–H and O–H groups in total. The fourth-order valence-electron chi connectivity index (χ4n) is 2.52. The van der Waals surface area contributed by atoms with Crippen molar-refractivity contribution in [3.63, 3.8) is 0 Å². The average Bonchev–Trinajstić information content (AvgIpc) is 2.61. The zero-order valence-electron chi connectivity index (χ0n) is 15.7. The molecule has 1 unspecified atom stereocenters. The molecule has 2 aromatic rings. The number of anilines is 1. The molecule has 0 radical (unpaired) electrons. The lowest BCUT2D eigenvalue weighted by Crippen LogP contribution is -2.33. The molecule has 5 nitrogen and oxygen atoms in total. The Labute approximate surface area is 154 Å². The maximum absolute atomic E-state index is 12.5. The normalized spacial score (nSPS) is 11.7. The summed E-state index contributed by atoms with van der Waals surface area (Å²) in [5.74, 6) is 0.171. The summed E-state index contributed by atoms with van der Waals surface area (Å²) in [6, 6.07) is 14.6. The van der Waals surface area contributed by atoms with Gasteiger partial charge in [-0.2, -0.15) is 0 Å². The van der Waals surface area contributed by atoms with E-state index in [9.17, 15) is 9.59 Å². The molecule has 0 spiro atoms.